The molecule has 2 atom stereocenters. The minimum absolute atomic E-state index is 0.0145. The van der Waals surface area contributed by atoms with E-state index in [4.69, 9.17) is 25.3 Å². The highest BCUT2D eigenvalue weighted by Gasteiger charge is 2.48. The molecule has 4 aliphatic rings. The fourth-order valence-corrected chi connectivity index (χ4v) is 6.49. The first-order chi connectivity index (χ1) is 22.1. The van der Waals surface area contributed by atoms with Crippen LogP contribution in [-0.2, 0) is 15.8 Å². The van der Waals surface area contributed by atoms with Gasteiger partial charge in [-0.1, -0.05) is 6.42 Å². The number of benzene rings is 2. The predicted octanol–water partition coefficient (Wildman–Crippen LogP) is 4.67. The molecule has 3 fully saturated rings. The molecule has 238 valence electrons. The van der Waals surface area contributed by atoms with Gasteiger partial charge in [-0.2, -0.15) is 5.10 Å². The van der Waals surface area contributed by atoms with Crippen LogP contribution in [0.1, 0.15) is 79.5 Å². The number of hydrogen-bond donors (Lipinski definition) is 3. The Morgan fingerprint density at radius 1 is 1.15 bits per heavy atom. The van der Waals surface area contributed by atoms with Crippen molar-refractivity contribution >= 4 is 22.7 Å². The number of carbonyl (C=O) groups excluding carboxylic acids is 2. The molecule has 3 saturated carbocycles. The van der Waals surface area contributed by atoms with Gasteiger partial charge in [-0.25, -0.2) is 9.37 Å². The maximum absolute atomic E-state index is 13.9. The van der Waals surface area contributed by atoms with E-state index >= 15 is 0 Å². The number of nitrogens with zero attached hydrogens (tertiary/aromatic N) is 3. The number of primary amides is 1. The second kappa shape index (κ2) is 10.5. The van der Waals surface area contributed by atoms with Gasteiger partial charge in [0.15, 0.2) is 0 Å². The lowest BCUT2D eigenvalue weighted by atomic mass is 9.70. The summed E-state index contributed by atoms with van der Waals surface area (Å²) in [5, 5.41) is 21.0. The summed E-state index contributed by atoms with van der Waals surface area (Å²) in [6.45, 7) is 1.60. The number of carbonyl (C=O) groups is 2. The molecule has 0 radical (unpaired) electrons. The second-order valence-electron chi connectivity index (χ2n) is 13.5. The van der Waals surface area contributed by atoms with Crippen LogP contribution in [-0.4, -0.2) is 50.9 Å². The number of ether oxygens (including phenoxy) is 2. The Bertz CT molecular complexity index is 1880. The SMILES string of the molecule is C[C@]1(C(N)=O)COc2c1cc(C(O)(CNC(=O)c1cc(OC3CC3)c3nn(C4CC4)cc3c1)C1CCC1)nc2-c1ccc(F)cc1. The van der Waals surface area contributed by atoms with Gasteiger partial charge in [-0.15, -0.1) is 0 Å². The minimum Gasteiger partial charge on any atom is -0.489 e. The van der Waals surface area contributed by atoms with Gasteiger partial charge in [0.25, 0.3) is 5.91 Å². The van der Waals surface area contributed by atoms with Gasteiger partial charge in [0, 0.05) is 28.3 Å². The molecule has 1 aliphatic heterocycles. The topological polar surface area (TPSA) is 142 Å². The number of rotatable bonds is 10. The zero-order valence-electron chi connectivity index (χ0n) is 25.6. The van der Waals surface area contributed by atoms with Crippen molar-refractivity contribution in [1.29, 1.82) is 0 Å². The molecule has 0 saturated heterocycles. The lowest BCUT2D eigenvalue weighted by molar-refractivity contribution is -0.123. The molecule has 2 amide bonds. The molecule has 4 N–H and O–H groups in total. The number of aromatic nitrogens is 3. The molecule has 3 aliphatic carbocycles. The van der Waals surface area contributed by atoms with Crippen LogP contribution in [0.2, 0.25) is 0 Å². The summed E-state index contributed by atoms with van der Waals surface area (Å²) in [6, 6.07) is 11.4. The zero-order valence-corrected chi connectivity index (χ0v) is 25.6. The Balaban J connectivity index is 1.16. The Hall–Kier alpha value is -4.51. The molecule has 8 rings (SSSR count). The summed E-state index contributed by atoms with van der Waals surface area (Å²) in [6.07, 6.45) is 8.65. The summed E-state index contributed by atoms with van der Waals surface area (Å²) in [5.41, 5.74) is 6.04. The lowest BCUT2D eigenvalue weighted by Crippen LogP contribution is -2.49. The molecule has 46 heavy (non-hydrogen) atoms. The van der Waals surface area contributed by atoms with Gasteiger partial charge in [0.1, 0.15) is 46.1 Å². The largest absolute Gasteiger partial charge is 0.489 e. The third kappa shape index (κ3) is 4.88. The molecular weight excluding hydrogens is 589 g/mol. The zero-order chi connectivity index (χ0) is 31.8. The smallest absolute Gasteiger partial charge is 0.251 e. The summed E-state index contributed by atoms with van der Waals surface area (Å²) in [5.74, 6) is -0.552. The summed E-state index contributed by atoms with van der Waals surface area (Å²) in [7, 11) is 0. The molecule has 0 bridgehead atoms. The average Bonchev–Trinajstić information content (AvgIpc) is 3.95. The molecular formula is C35H36FN5O5. The molecule has 2 aromatic heterocycles. The van der Waals surface area contributed by atoms with E-state index in [9.17, 15) is 19.1 Å². The fraction of sp³-hybridized carbons (Fsp3) is 0.429. The average molecular weight is 626 g/mol. The highest BCUT2D eigenvalue weighted by molar-refractivity contribution is 6.00. The van der Waals surface area contributed by atoms with E-state index in [0.717, 1.165) is 55.8 Å². The molecule has 4 aromatic rings. The van der Waals surface area contributed by atoms with E-state index in [2.05, 4.69) is 5.32 Å². The summed E-state index contributed by atoms with van der Waals surface area (Å²) >= 11 is 0. The van der Waals surface area contributed by atoms with Crippen LogP contribution in [0.4, 0.5) is 4.39 Å². The van der Waals surface area contributed by atoms with Crippen LogP contribution in [0.25, 0.3) is 22.2 Å². The number of aliphatic hydroxyl groups is 1. The van der Waals surface area contributed by atoms with Crippen LogP contribution in [0.5, 0.6) is 11.5 Å². The Kier molecular flexibility index (Phi) is 6.61. The number of nitrogens with one attached hydrogen (secondary N) is 1. The van der Waals surface area contributed by atoms with E-state index in [0.29, 0.717) is 45.6 Å². The third-order valence-corrected chi connectivity index (χ3v) is 10.1. The number of pyridine rings is 1. The Labute approximate surface area is 265 Å². The molecule has 0 spiro atoms. The van der Waals surface area contributed by atoms with Crippen LogP contribution >= 0.6 is 0 Å². The third-order valence-electron chi connectivity index (χ3n) is 10.1. The van der Waals surface area contributed by atoms with E-state index in [1.165, 1.54) is 12.1 Å². The molecule has 3 heterocycles. The second-order valence-corrected chi connectivity index (χ2v) is 13.5. The van der Waals surface area contributed by atoms with Crippen LogP contribution in [0.15, 0.2) is 48.7 Å². The Morgan fingerprint density at radius 2 is 1.91 bits per heavy atom. The molecule has 10 nitrogen and oxygen atoms in total. The monoisotopic (exact) mass is 625 g/mol. The van der Waals surface area contributed by atoms with E-state index in [1.54, 1.807) is 31.2 Å². The summed E-state index contributed by atoms with van der Waals surface area (Å²) in [4.78, 5) is 31.3. The molecule has 2 aromatic carbocycles. The van der Waals surface area contributed by atoms with Crippen molar-refractivity contribution in [2.24, 2.45) is 11.7 Å². The predicted molar refractivity (Wildman–Crippen MR) is 167 cm³/mol. The van der Waals surface area contributed by atoms with Gasteiger partial charge < -0.3 is 25.6 Å². The van der Waals surface area contributed by atoms with Crippen molar-refractivity contribution in [3.63, 3.8) is 0 Å². The molecule has 1 unspecified atom stereocenters. The first-order valence-electron chi connectivity index (χ1n) is 16.1. The maximum atomic E-state index is 13.9. The maximum Gasteiger partial charge on any atom is 0.251 e. The summed E-state index contributed by atoms with van der Waals surface area (Å²) < 4.78 is 28.0. The number of nitrogens with two attached hydrogens (primary N) is 1. The van der Waals surface area contributed by atoms with E-state index < -0.39 is 22.7 Å². The highest BCUT2D eigenvalue weighted by Crippen LogP contribution is 2.48. The quantitative estimate of drug-likeness (QED) is 0.233. The first kappa shape index (κ1) is 28.9. The van der Waals surface area contributed by atoms with Crippen molar-refractivity contribution in [3.05, 3.63) is 71.3 Å². The van der Waals surface area contributed by atoms with E-state index in [1.807, 2.05) is 16.9 Å². The lowest BCUT2D eigenvalue weighted by Gasteiger charge is -2.41. The standard InChI is InChI=1S/C35H36FN5O5/c1-34(33(37)43)18-45-31-26(34)15-28(39-30(31)19-5-7-23(36)8-6-19)35(44,22-3-2-4-22)17-38-32(42)20-13-21-16-41(24-9-10-24)40-29(21)27(14-20)46-25-11-12-25/h5-8,13-16,22,24-25,44H,2-4,9-12,17-18H2,1H3,(H2,37,43)(H,38,42)/t34-,35?/m0/s1. The van der Waals surface area contributed by atoms with Gasteiger partial charge in [-0.05, 0) is 93.8 Å². The van der Waals surface area contributed by atoms with Crippen molar-refractivity contribution < 1.29 is 28.6 Å². The minimum atomic E-state index is -1.56. The van der Waals surface area contributed by atoms with Crippen LogP contribution in [0.3, 0.4) is 0 Å². The van der Waals surface area contributed by atoms with Gasteiger partial charge >= 0.3 is 0 Å². The van der Waals surface area contributed by atoms with Crippen LogP contribution in [0, 0.1) is 11.7 Å². The first-order valence-corrected chi connectivity index (χ1v) is 16.1. The number of hydrogen-bond acceptors (Lipinski definition) is 7. The number of halogens is 1. The van der Waals surface area contributed by atoms with Crippen molar-refractivity contribution in [2.75, 3.05) is 13.2 Å². The van der Waals surface area contributed by atoms with Gasteiger partial charge in [-0.3, -0.25) is 14.3 Å². The van der Waals surface area contributed by atoms with Crippen molar-refractivity contribution in [3.8, 4) is 22.8 Å². The van der Waals surface area contributed by atoms with Crippen molar-refractivity contribution in [1.82, 2.24) is 20.1 Å². The fourth-order valence-electron chi connectivity index (χ4n) is 6.49. The van der Waals surface area contributed by atoms with Crippen molar-refractivity contribution in [2.45, 2.75) is 75.0 Å². The highest BCUT2D eigenvalue weighted by atomic mass is 19.1. The van der Waals surface area contributed by atoms with Crippen LogP contribution < -0.4 is 20.5 Å². The Morgan fingerprint density at radius 3 is 2.57 bits per heavy atom. The van der Waals surface area contributed by atoms with Gasteiger partial charge in [0.2, 0.25) is 5.91 Å². The normalized spacial score (nSPS) is 22.1. The number of amides is 2. The van der Waals surface area contributed by atoms with Gasteiger partial charge in [0.05, 0.1) is 24.4 Å². The molecule has 11 heteroatoms. The van der Waals surface area contributed by atoms with E-state index in [-0.39, 0.29) is 31.1 Å². The number of fused-ring (bicyclic) bond motifs is 2.